The van der Waals surface area contributed by atoms with Gasteiger partial charge in [0.05, 0.1) is 12.6 Å². The SMILES string of the molecule is NC(=O)CN(CC(O)c1ccccc1Cl)C1CCCC1. The van der Waals surface area contributed by atoms with Crippen LogP contribution in [0.5, 0.6) is 0 Å². The number of nitrogens with two attached hydrogens (primary N) is 1. The zero-order valence-electron chi connectivity index (χ0n) is 11.5. The Morgan fingerprint density at radius 3 is 2.65 bits per heavy atom. The van der Waals surface area contributed by atoms with Crippen LogP contribution in [0, 0.1) is 0 Å². The lowest BCUT2D eigenvalue weighted by atomic mass is 10.1. The molecule has 5 heteroatoms. The summed E-state index contributed by atoms with van der Waals surface area (Å²) >= 11 is 6.10. The van der Waals surface area contributed by atoms with Gasteiger partial charge in [-0.25, -0.2) is 0 Å². The first-order valence-corrected chi connectivity index (χ1v) is 7.40. The highest BCUT2D eigenvalue weighted by atomic mass is 35.5. The van der Waals surface area contributed by atoms with E-state index in [4.69, 9.17) is 17.3 Å². The maximum atomic E-state index is 11.2. The van der Waals surface area contributed by atoms with Crippen LogP contribution in [0.1, 0.15) is 37.4 Å². The number of aliphatic hydroxyl groups is 1. The van der Waals surface area contributed by atoms with E-state index in [0.717, 1.165) is 12.8 Å². The third kappa shape index (κ3) is 3.95. The number of benzene rings is 1. The summed E-state index contributed by atoms with van der Waals surface area (Å²) < 4.78 is 0. The molecule has 0 aromatic heterocycles. The van der Waals surface area contributed by atoms with Gasteiger partial charge in [0.15, 0.2) is 0 Å². The highest BCUT2D eigenvalue weighted by Crippen LogP contribution is 2.27. The van der Waals surface area contributed by atoms with E-state index in [1.54, 1.807) is 6.07 Å². The van der Waals surface area contributed by atoms with E-state index in [-0.39, 0.29) is 12.5 Å². The van der Waals surface area contributed by atoms with Gasteiger partial charge in [-0.2, -0.15) is 0 Å². The Hall–Kier alpha value is -1.10. The topological polar surface area (TPSA) is 66.6 Å². The first-order chi connectivity index (χ1) is 9.58. The molecule has 0 radical (unpaired) electrons. The molecular formula is C15H21ClN2O2. The molecule has 110 valence electrons. The van der Waals surface area contributed by atoms with Gasteiger partial charge in [0.25, 0.3) is 0 Å². The second-order valence-electron chi connectivity index (χ2n) is 5.37. The molecular weight excluding hydrogens is 276 g/mol. The molecule has 20 heavy (non-hydrogen) atoms. The highest BCUT2D eigenvalue weighted by molar-refractivity contribution is 6.31. The Labute approximate surface area is 124 Å². The number of carbonyl (C=O) groups is 1. The van der Waals surface area contributed by atoms with Crippen molar-refractivity contribution in [2.24, 2.45) is 5.73 Å². The van der Waals surface area contributed by atoms with E-state index in [0.29, 0.717) is 23.2 Å². The number of carbonyl (C=O) groups excluding carboxylic acids is 1. The minimum absolute atomic E-state index is 0.187. The van der Waals surface area contributed by atoms with Crippen LogP contribution in [-0.4, -0.2) is 35.0 Å². The van der Waals surface area contributed by atoms with Gasteiger partial charge in [-0.3, -0.25) is 9.69 Å². The first kappa shape index (κ1) is 15.3. The van der Waals surface area contributed by atoms with Crippen molar-refractivity contribution < 1.29 is 9.90 Å². The fraction of sp³-hybridized carbons (Fsp3) is 0.533. The lowest BCUT2D eigenvalue weighted by molar-refractivity contribution is -0.120. The summed E-state index contributed by atoms with van der Waals surface area (Å²) in [6.45, 7) is 0.573. The Kier molecular flexibility index (Phi) is 5.40. The summed E-state index contributed by atoms with van der Waals surface area (Å²) in [5.41, 5.74) is 6.01. The zero-order valence-corrected chi connectivity index (χ0v) is 12.2. The van der Waals surface area contributed by atoms with Crippen molar-refractivity contribution in [2.75, 3.05) is 13.1 Å². The number of aliphatic hydroxyl groups excluding tert-OH is 1. The predicted octanol–water partition coefficient (Wildman–Crippen LogP) is 2.10. The molecule has 0 spiro atoms. The second kappa shape index (κ2) is 7.07. The Morgan fingerprint density at radius 2 is 2.05 bits per heavy atom. The maximum Gasteiger partial charge on any atom is 0.231 e. The van der Waals surface area contributed by atoms with Gasteiger partial charge in [0.2, 0.25) is 5.91 Å². The number of hydrogen-bond donors (Lipinski definition) is 2. The molecule has 1 aromatic carbocycles. The predicted molar refractivity (Wildman–Crippen MR) is 79.4 cm³/mol. The van der Waals surface area contributed by atoms with E-state index in [2.05, 4.69) is 0 Å². The summed E-state index contributed by atoms with van der Waals surface area (Å²) in [6, 6.07) is 7.58. The van der Waals surface area contributed by atoms with Gasteiger partial charge >= 0.3 is 0 Å². The van der Waals surface area contributed by atoms with Crippen LogP contribution in [-0.2, 0) is 4.79 Å². The zero-order chi connectivity index (χ0) is 14.5. The van der Waals surface area contributed by atoms with Gasteiger partial charge in [-0.15, -0.1) is 0 Å². The fourth-order valence-electron chi connectivity index (χ4n) is 2.88. The summed E-state index contributed by atoms with van der Waals surface area (Å²) in [4.78, 5) is 13.2. The van der Waals surface area contributed by atoms with Crippen molar-refractivity contribution in [2.45, 2.75) is 37.8 Å². The average molecular weight is 297 g/mol. The molecule has 0 bridgehead atoms. The minimum atomic E-state index is -0.705. The van der Waals surface area contributed by atoms with Crippen molar-refractivity contribution >= 4 is 17.5 Å². The summed E-state index contributed by atoms with van der Waals surface area (Å²) in [6.07, 6.45) is 3.75. The molecule has 1 atom stereocenters. The first-order valence-electron chi connectivity index (χ1n) is 7.02. The van der Waals surface area contributed by atoms with Crippen LogP contribution < -0.4 is 5.73 Å². The Balaban J connectivity index is 2.06. The number of hydrogen-bond acceptors (Lipinski definition) is 3. The third-order valence-corrected chi connectivity index (χ3v) is 4.22. The quantitative estimate of drug-likeness (QED) is 0.845. The molecule has 1 aromatic rings. The number of primary amides is 1. The number of nitrogens with zero attached hydrogens (tertiary/aromatic N) is 1. The molecule has 4 nitrogen and oxygen atoms in total. The lowest BCUT2D eigenvalue weighted by Crippen LogP contribution is -2.42. The smallest absolute Gasteiger partial charge is 0.231 e. The van der Waals surface area contributed by atoms with Crippen LogP contribution in [0.3, 0.4) is 0 Å². The van der Waals surface area contributed by atoms with Gasteiger partial charge in [0.1, 0.15) is 0 Å². The monoisotopic (exact) mass is 296 g/mol. The van der Waals surface area contributed by atoms with Crippen molar-refractivity contribution in [3.63, 3.8) is 0 Å². The van der Waals surface area contributed by atoms with Gasteiger partial charge < -0.3 is 10.8 Å². The van der Waals surface area contributed by atoms with E-state index < -0.39 is 6.10 Å². The molecule has 0 heterocycles. The maximum absolute atomic E-state index is 11.2. The molecule has 0 saturated heterocycles. The molecule has 1 aliphatic carbocycles. The van der Waals surface area contributed by atoms with Crippen molar-refractivity contribution in [3.05, 3.63) is 34.9 Å². The van der Waals surface area contributed by atoms with E-state index in [1.165, 1.54) is 12.8 Å². The van der Waals surface area contributed by atoms with Crippen molar-refractivity contribution in [1.82, 2.24) is 4.90 Å². The fourth-order valence-corrected chi connectivity index (χ4v) is 3.14. The largest absolute Gasteiger partial charge is 0.387 e. The molecule has 1 amide bonds. The molecule has 1 unspecified atom stereocenters. The number of rotatable bonds is 6. The summed E-state index contributed by atoms with van der Waals surface area (Å²) in [5.74, 6) is -0.358. The second-order valence-corrected chi connectivity index (χ2v) is 5.78. The molecule has 0 aliphatic heterocycles. The summed E-state index contributed by atoms with van der Waals surface area (Å²) in [7, 11) is 0. The lowest BCUT2D eigenvalue weighted by Gasteiger charge is -2.29. The molecule has 1 saturated carbocycles. The Morgan fingerprint density at radius 1 is 1.40 bits per heavy atom. The standard InChI is InChI=1S/C15H21ClN2O2/c16-13-8-4-3-7-12(13)14(19)9-18(10-15(17)20)11-5-1-2-6-11/h3-4,7-8,11,14,19H,1-2,5-6,9-10H2,(H2,17,20). The third-order valence-electron chi connectivity index (χ3n) is 3.87. The molecule has 1 fully saturated rings. The normalized spacial score (nSPS) is 17.6. The van der Waals surface area contributed by atoms with Crippen molar-refractivity contribution in [1.29, 1.82) is 0 Å². The molecule has 2 rings (SSSR count). The highest BCUT2D eigenvalue weighted by Gasteiger charge is 2.26. The van der Waals surface area contributed by atoms with E-state index in [1.807, 2.05) is 23.1 Å². The van der Waals surface area contributed by atoms with Crippen LogP contribution >= 0.6 is 11.6 Å². The van der Waals surface area contributed by atoms with Gasteiger partial charge in [0, 0.05) is 23.2 Å². The minimum Gasteiger partial charge on any atom is -0.387 e. The Bertz CT molecular complexity index is 461. The van der Waals surface area contributed by atoms with E-state index >= 15 is 0 Å². The van der Waals surface area contributed by atoms with Crippen LogP contribution in [0.4, 0.5) is 0 Å². The molecule has 1 aliphatic rings. The van der Waals surface area contributed by atoms with Crippen LogP contribution in [0.25, 0.3) is 0 Å². The molecule has 3 N–H and O–H groups in total. The van der Waals surface area contributed by atoms with Gasteiger partial charge in [-0.1, -0.05) is 42.6 Å². The van der Waals surface area contributed by atoms with Crippen LogP contribution in [0.15, 0.2) is 24.3 Å². The number of halogens is 1. The van der Waals surface area contributed by atoms with Crippen molar-refractivity contribution in [3.8, 4) is 0 Å². The average Bonchev–Trinajstić information content (AvgIpc) is 2.91. The number of amides is 1. The van der Waals surface area contributed by atoms with Gasteiger partial charge in [-0.05, 0) is 18.9 Å². The van der Waals surface area contributed by atoms with E-state index in [9.17, 15) is 9.90 Å². The van der Waals surface area contributed by atoms with Crippen LogP contribution in [0.2, 0.25) is 5.02 Å². The summed E-state index contributed by atoms with van der Waals surface area (Å²) in [5, 5.41) is 10.9.